The van der Waals surface area contributed by atoms with Gasteiger partial charge in [0, 0.05) is 23.0 Å². The number of hydrogen-bond donors (Lipinski definition) is 1. The lowest BCUT2D eigenvalue weighted by molar-refractivity contribution is 0.104. The Hall–Kier alpha value is -3.49. The molecule has 1 N–H and O–H groups in total. The highest BCUT2D eigenvalue weighted by molar-refractivity contribution is 7.92. The normalized spacial score (nSPS) is 11.7. The second-order valence-electron chi connectivity index (χ2n) is 7.24. The van der Waals surface area contributed by atoms with Crippen molar-refractivity contribution in [3.63, 3.8) is 0 Å². The number of carbonyl (C=O) groups excluding carboxylic acids is 1. The molecule has 2 aromatic heterocycles. The van der Waals surface area contributed by atoms with E-state index in [1.807, 2.05) is 58.7 Å². The van der Waals surface area contributed by atoms with E-state index in [2.05, 4.69) is 4.72 Å². The van der Waals surface area contributed by atoms with Crippen LogP contribution in [0.1, 0.15) is 21.5 Å². The molecule has 0 amide bonds. The lowest BCUT2D eigenvalue weighted by atomic mass is 10.1. The predicted molar refractivity (Wildman–Crippen MR) is 129 cm³/mol. The number of carbonyl (C=O) groups is 1. The predicted octanol–water partition coefficient (Wildman–Crippen LogP) is 4.93. The molecule has 0 aliphatic rings. The van der Waals surface area contributed by atoms with Crippen molar-refractivity contribution in [1.29, 1.82) is 0 Å². The highest BCUT2D eigenvalue weighted by Crippen LogP contribution is 2.28. The first-order chi connectivity index (χ1) is 15.4. The molecule has 0 bridgehead atoms. The molecule has 8 heteroatoms. The van der Waals surface area contributed by atoms with Crippen LogP contribution in [0.2, 0.25) is 0 Å². The average molecular weight is 464 g/mol. The maximum absolute atomic E-state index is 12.7. The van der Waals surface area contributed by atoms with E-state index in [0.29, 0.717) is 17.8 Å². The fourth-order valence-electron chi connectivity index (χ4n) is 3.19. The van der Waals surface area contributed by atoms with Crippen molar-refractivity contribution in [1.82, 2.24) is 9.78 Å². The number of aromatic nitrogens is 2. The van der Waals surface area contributed by atoms with Crippen molar-refractivity contribution < 1.29 is 13.2 Å². The lowest BCUT2D eigenvalue weighted by Gasteiger charge is -2.03. The van der Waals surface area contributed by atoms with Crippen molar-refractivity contribution in [3.05, 3.63) is 101 Å². The molecule has 0 saturated carbocycles. The number of hydrogen-bond acceptors (Lipinski definition) is 5. The maximum Gasteiger partial charge on any atom is 0.229 e. The molecule has 4 aromatic rings. The zero-order valence-electron chi connectivity index (χ0n) is 17.3. The van der Waals surface area contributed by atoms with Gasteiger partial charge in [-0.1, -0.05) is 36.4 Å². The summed E-state index contributed by atoms with van der Waals surface area (Å²) in [6.07, 6.45) is 6.30. The number of sulfonamides is 1. The van der Waals surface area contributed by atoms with Gasteiger partial charge in [-0.25, -0.2) is 8.42 Å². The number of rotatable bonds is 8. The molecule has 0 unspecified atom stereocenters. The maximum atomic E-state index is 12.7. The highest BCUT2D eigenvalue weighted by atomic mass is 32.2. The van der Waals surface area contributed by atoms with Crippen LogP contribution in [0.25, 0.3) is 16.6 Å². The van der Waals surface area contributed by atoms with Crippen molar-refractivity contribution >= 4 is 38.9 Å². The smallest absolute Gasteiger partial charge is 0.229 e. The molecule has 6 nitrogen and oxygen atoms in total. The van der Waals surface area contributed by atoms with Crippen LogP contribution in [-0.2, 0) is 16.6 Å². The summed E-state index contributed by atoms with van der Waals surface area (Å²) in [5.74, 6) is -0.177. The van der Waals surface area contributed by atoms with E-state index in [4.69, 9.17) is 5.10 Å². The molecule has 2 heterocycles. The zero-order valence-corrected chi connectivity index (χ0v) is 18.9. The number of nitrogens with one attached hydrogen (secondary N) is 1. The summed E-state index contributed by atoms with van der Waals surface area (Å²) >= 11 is 1.60. The lowest BCUT2D eigenvalue weighted by Crippen LogP contribution is -2.09. The Morgan fingerprint density at radius 2 is 1.81 bits per heavy atom. The van der Waals surface area contributed by atoms with Gasteiger partial charge in [-0.05, 0) is 53.4 Å². The van der Waals surface area contributed by atoms with Gasteiger partial charge >= 0.3 is 0 Å². The molecule has 0 saturated heterocycles. The van der Waals surface area contributed by atoms with Crippen LogP contribution >= 0.6 is 11.3 Å². The first-order valence-electron chi connectivity index (χ1n) is 9.83. The molecule has 0 radical (unpaired) electrons. The van der Waals surface area contributed by atoms with E-state index in [1.54, 1.807) is 41.7 Å². The second-order valence-corrected chi connectivity index (χ2v) is 9.94. The number of nitrogens with zero attached hydrogens (tertiary/aromatic N) is 2. The molecule has 0 spiro atoms. The van der Waals surface area contributed by atoms with Gasteiger partial charge in [0.1, 0.15) is 5.69 Å². The summed E-state index contributed by atoms with van der Waals surface area (Å²) in [5, 5.41) is 6.74. The Morgan fingerprint density at radius 3 is 2.47 bits per heavy atom. The van der Waals surface area contributed by atoms with Crippen LogP contribution in [0.15, 0.2) is 84.4 Å². The van der Waals surface area contributed by atoms with Gasteiger partial charge in [-0.2, -0.15) is 5.10 Å². The van der Waals surface area contributed by atoms with Gasteiger partial charge in [-0.3, -0.25) is 14.2 Å². The summed E-state index contributed by atoms with van der Waals surface area (Å²) in [7, 11) is -3.36. The Labute approximate surface area is 190 Å². The van der Waals surface area contributed by atoms with Gasteiger partial charge in [0.15, 0.2) is 5.78 Å². The van der Waals surface area contributed by atoms with Crippen LogP contribution in [0.3, 0.4) is 0 Å². The second kappa shape index (κ2) is 9.33. The monoisotopic (exact) mass is 463 g/mol. The van der Waals surface area contributed by atoms with Crippen LogP contribution in [0.4, 0.5) is 5.69 Å². The van der Waals surface area contributed by atoms with Gasteiger partial charge in [0.05, 0.1) is 17.7 Å². The van der Waals surface area contributed by atoms with Crippen LogP contribution in [0.5, 0.6) is 0 Å². The molecular weight excluding hydrogens is 442 g/mol. The van der Waals surface area contributed by atoms with Gasteiger partial charge < -0.3 is 0 Å². The fourth-order valence-corrected chi connectivity index (χ4v) is 4.49. The third-order valence-electron chi connectivity index (χ3n) is 4.62. The molecule has 0 atom stereocenters. The summed E-state index contributed by atoms with van der Waals surface area (Å²) < 4.78 is 26.9. The van der Waals surface area contributed by atoms with Gasteiger partial charge in [-0.15, -0.1) is 11.3 Å². The molecule has 2 aromatic carbocycles. The van der Waals surface area contributed by atoms with Crippen LogP contribution in [-0.4, -0.2) is 30.2 Å². The summed E-state index contributed by atoms with van der Waals surface area (Å²) in [6.45, 7) is 0.635. The molecular formula is C24H21N3O3S2. The fraction of sp³-hybridized carbons (Fsp3) is 0.0833. The van der Waals surface area contributed by atoms with E-state index in [0.717, 1.165) is 28.0 Å². The molecule has 4 rings (SSSR count). The minimum Gasteiger partial charge on any atom is -0.289 e. The Bertz CT molecular complexity index is 1340. The van der Waals surface area contributed by atoms with Crippen molar-refractivity contribution in [2.75, 3.05) is 11.0 Å². The summed E-state index contributed by atoms with van der Waals surface area (Å²) in [4.78, 5) is 13.7. The van der Waals surface area contributed by atoms with Crippen LogP contribution in [0, 0.1) is 0 Å². The zero-order chi connectivity index (χ0) is 22.6. The third-order valence-corrected chi connectivity index (χ3v) is 6.10. The molecule has 162 valence electrons. The number of anilines is 1. The Kier molecular flexibility index (Phi) is 6.34. The number of allylic oxidation sites excluding steroid dienone is 1. The number of thiophene rings is 1. The molecule has 0 aliphatic heterocycles. The van der Waals surface area contributed by atoms with E-state index < -0.39 is 10.0 Å². The van der Waals surface area contributed by atoms with Crippen molar-refractivity contribution in [2.24, 2.45) is 0 Å². The SMILES string of the molecule is CS(=O)(=O)Nc1ccc(C(=O)/C=C/c2cn(Cc3ccccc3)nc2-c2cccs2)cc1. The quantitative estimate of drug-likeness (QED) is 0.297. The van der Waals surface area contributed by atoms with E-state index >= 15 is 0 Å². The highest BCUT2D eigenvalue weighted by Gasteiger charge is 2.12. The van der Waals surface area contributed by atoms with Gasteiger partial charge in [0.25, 0.3) is 0 Å². The standard InChI is InChI=1S/C24H21N3O3S2/c1-32(29,30)26-21-12-9-19(10-13-21)22(28)14-11-20-17-27(16-18-6-3-2-4-7-18)25-24(20)23-8-5-15-31-23/h2-15,17,26H,16H2,1H3/b14-11+. The number of benzene rings is 2. The molecule has 0 fully saturated rings. The Balaban J connectivity index is 1.56. The van der Waals surface area contributed by atoms with Gasteiger partial charge in [0.2, 0.25) is 10.0 Å². The first kappa shape index (κ1) is 21.7. The van der Waals surface area contributed by atoms with E-state index in [9.17, 15) is 13.2 Å². The van der Waals surface area contributed by atoms with E-state index in [-0.39, 0.29) is 5.78 Å². The molecule has 32 heavy (non-hydrogen) atoms. The summed E-state index contributed by atoms with van der Waals surface area (Å²) in [6, 6.07) is 20.4. The topological polar surface area (TPSA) is 81.1 Å². The van der Waals surface area contributed by atoms with Crippen LogP contribution < -0.4 is 4.72 Å². The molecule has 0 aliphatic carbocycles. The number of ketones is 1. The largest absolute Gasteiger partial charge is 0.289 e. The van der Waals surface area contributed by atoms with Crippen molar-refractivity contribution in [3.8, 4) is 10.6 Å². The summed E-state index contributed by atoms with van der Waals surface area (Å²) in [5.41, 5.74) is 3.70. The minimum atomic E-state index is -3.36. The van der Waals surface area contributed by atoms with Crippen molar-refractivity contribution in [2.45, 2.75) is 6.54 Å². The average Bonchev–Trinajstić information content (AvgIpc) is 3.42. The third kappa shape index (κ3) is 5.60. The van der Waals surface area contributed by atoms with E-state index in [1.165, 1.54) is 6.08 Å². The Morgan fingerprint density at radius 1 is 1.06 bits per heavy atom. The minimum absolute atomic E-state index is 0.177. The first-order valence-corrected chi connectivity index (χ1v) is 12.6.